The second-order valence-corrected chi connectivity index (χ2v) is 6.63. The van der Waals surface area contributed by atoms with Gasteiger partial charge in [0.15, 0.2) is 17.0 Å². The second-order valence-electron chi connectivity index (χ2n) is 6.63. The molecule has 1 amide bonds. The van der Waals surface area contributed by atoms with E-state index in [1.165, 1.54) is 24.3 Å². The van der Waals surface area contributed by atoms with E-state index in [2.05, 4.69) is 5.32 Å². The molecule has 1 atom stereocenters. The van der Waals surface area contributed by atoms with Crippen molar-refractivity contribution in [2.45, 2.75) is 18.6 Å². The highest BCUT2D eigenvalue weighted by atomic mass is 19.4. The van der Waals surface area contributed by atoms with Gasteiger partial charge in [-0.15, -0.1) is 0 Å². The molecule has 0 saturated heterocycles. The fraction of sp³-hybridized carbons (Fsp3) is 0.136. The number of alkyl halides is 3. The van der Waals surface area contributed by atoms with Crippen LogP contribution in [0.25, 0.3) is 0 Å². The first-order chi connectivity index (χ1) is 14.6. The van der Waals surface area contributed by atoms with Gasteiger partial charge in [-0.2, -0.15) is 13.2 Å². The lowest BCUT2D eigenvalue weighted by atomic mass is 9.96. The average Bonchev–Trinajstić information content (AvgIpc) is 2.73. The molecular weight excluding hydrogens is 418 g/mol. The van der Waals surface area contributed by atoms with Gasteiger partial charge in [-0.25, -0.2) is 4.39 Å². The van der Waals surface area contributed by atoms with Crippen LogP contribution in [0.15, 0.2) is 76.1 Å². The van der Waals surface area contributed by atoms with Crippen molar-refractivity contribution in [3.8, 4) is 0 Å². The number of hydrogen-bond donors (Lipinski definition) is 1. The zero-order chi connectivity index (χ0) is 22.6. The van der Waals surface area contributed by atoms with Gasteiger partial charge in [-0.1, -0.05) is 12.1 Å². The summed E-state index contributed by atoms with van der Waals surface area (Å²) in [6, 6.07) is 9.55. The van der Waals surface area contributed by atoms with Crippen LogP contribution in [0.2, 0.25) is 0 Å². The van der Waals surface area contributed by atoms with Crippen LogP contribution in [0.3, 0.4) is 0 Å². The SMILES string of the molecule is O=C(NC(Cc1ccc(C(F)(F)F)cc1)C(=O)c1ccc(F)cc1)c1cc(=O)cco1. The molecule has 3 aromatic rings. The number of amides is 1. The van der Waals surface area contributed by atoms with Gasteiger partial charge in [0.05, 0.1) is 17.9 Å². The number of Topliss-reactive ketones (excluding diaryl/α,β-unsaturated/α-hetero) is 1. The normalized spacial score (nSPS) is 12.3. The van der Waals surface area contributed by atoms with Crippen LogP contribution in [0.4, 0.5) is 17.6 Å². The largest absolute Gasteiger partial charge is 0.459 e. The molecule has 0 saturated carbocycles. The van der Waals surface area contributed by atoms with Crippen molar-refractivity contribution in [3.05, 3.63) is 105 Å². The molecule has 0 fully saturated rings. The fourth-order valence-corrected chi connectivity index (χ4v) is 2.82. The number of halogens is 4. The van der Waals surface area contributed by atoms with Crippen molar-refractivity contribution in [2.75, 3.05) is 0 Å². The van der Waals surface area contributed by atoms with Crippen molar-refractivity contribution in [1.82, 2.24) is 5.32 Å². The first kappa shape index (κ1) is 21.9. The number of rotatable bonds is 6. The lowest BCUT2D eigenvalue weighted by Gasteiger charge is -2.18. The number of carbonyl (C=O) groups excluding carboxylic acids is 2. The number of hydrogen-bond acceptors (Lipinski definition) is 4. The minimum Gasteiger partial charge on any atom is -0.459 e. The van der Waals surface area contributed by atoms with E-state index in [4.69, 9.17) is 4.42 Å². The standard InChI is InChI=1S/C22H15F4NO4/c23-16-7-3-14(4-8-16)20(29)18(27-21(30)19-12-17(28)9-10-31-19)11-13-1-5-15(6-2-13)22(24,25)26/h1-10,12,18H,11H2,(H,27,30). The van der Waals surface area contributed by atoms with Crippen LogP contribution in [-0.4, -0.2) is 17.7 Å². The van der Waals surface area contributed by atoms with Crippen molar-refractivity contribution < 1.29 is 31.6 Å². The average molecular weight is 433 g/mol. The molecule has 1 N–H and O–H groups in total. The summed E-state index contributed by atoms with van der Waals surface area (Å²) in [6.07, 6.45) is -3.64. The Morgan fingerprint density at radius 1 is 0.968 bits per heavy atom. The van der Waals surface area contributed by atoms with E-state index < -0.39 is 40.7 Å². The predicted octanol–water partition coefficient (Wildman–Crippen LogP) is 4.02. The Bertz CT molecular complexity index is 1140. The highest BCUT2D eigenvalue weighted by Gasteiger charge is 2.30. The molecule has 9 heteroatoms. The Hall–Kier alpha value is -3.75. The van der Waals surface area contributed by atoms with Gasteiger partial charge < -0.3 is 9.73 Å². The van der Waals surface area contributed by atoms with Crippen LogP contribution in [-0.2, 0) is 12.6 Å². The van der Waals surface area contributed by atoms with E-state index in [9.17, 15) is 31.9 Å². The summed E-state index contributed by atoms with van der Waals surface area (Å²) in [5.74, 6) is -2.35. The van der Waals surface area contributed by atoms with Gasteiger partial charge in [0.2, 0.25) is 0 Å². The van der Waals surface area contributed by atoms with E-state index >= 15 is 0 Å². The lowest BCUT2D eigenvalue weighted by Crippen LogP contribution is -2.42. The summed E-state index contributed by atoms with van der Waals surface area (Å²) >= 11 is 0. The molecule has 1 heterocycles. The molecule has 0 aliphatic rings. The van der Waals surface area contributed by atoms with Crippen molar-refractivity contribution in [3.63, 3.8) is 0 Å². The third-order valence-electron chi connectivity index (χ3n) is 4.40. The van der Waals surface area contributed by atoms with E-state index in [1.54, 1.807) is 0 Å². The van der Waals surface area contributed by atoms with Crippen molar-refractivity contribution >= 4 is 11.7 Å². The topological polar surface area (TPSA) is 76.4 Å². The maximum absolute atomic E-state index is 13.2. The Labute approximate surface area is 173 Å². The molecule has 1 unspecified atom stereocenters. The predicted molar refractivity (Wildman–Crippen MR) is 102 cm³/mol. The molecule has 0 radical (unpaired) electrons. The van der Waals surface area contributed by atoms with Crippen LogP contribution in [0.1, 0.15) is 32.0 Å². The fourth-order valence-electron chi connectivity index (χ4n) is 2.82. The highest BCUT2D eigenvalue weighted by molar-refractivity contribution is 6.03. The van der Waals surface area contributed by atoms with Gasteiger partial charge in [0.25, 0.3) is 5.91 Å². The number of benzene rings is 2. The molecule has 0 bridgehead atoms. The summed E-state index contributed by atoms with van der Waals surface area (Å²) in [5.41, 5.74) is -0.898. The summed E-state index contributed by atoms with van der Waals surface area (Å²) in [5, 5.41) is 2.43. The van der Waals surface area contributed by atoms with Gasteiger partial charge in [-0.3, -0.25) is 14.4 Å². The Morgan fingerprint density at radius 2 is 1.61 bits per heavy atom. The first-order valence-corrected chi connectivity index (χ1v) is 8.99. The molecular formula is C22H15F4NO4. The third-order valence-corrected chi connectivity index (χ3v) is 4.40. The second kappa shape index (κ2) is 8.95. The van der Waals surface area contributed by atoms with Crippen LogP contribution >= 0.6 is 0 Å². The molecule has 2 aromatic carbocycles. The van der Waals surface area contributed by atoms with E-state index in [0.717, 1.165) is 42.7 Å². The number of carbonyl (C=O) groups is 2. The van der Waals surface area contributed by atoms with E-state index in [-0.39, 0.29) is 17.7 Å². The number of ketones is 1. The first-order valence-electron chi connectivity index (χ1n) is 8.99. The monoisotopic (exact) mass is 433 g/mol. The molecule has 160 valence electrons. The third kappa shape index (κ3) is 5.65. The zero-order valence-corrected chi connectivity index (χ0v) is 15.8. The molecule has 5 nitrogen and oxygen atoms in total. The minimum atomic E-state index is -4.51. The minimum absolute atomic E-state index is 0.0909. The van der Waals surface area contributed by atoms with Crippen LogP contribution < -0.4 is 10.7 Å². The quantitative estimate of drug-likeness (QED) is 0.471. The van der Waals surface area contributed by atoms with Gasteiger partial charge in [0, 0.05) is 24.1 Å². The van der Waals surface area contributed by atoms with Crippen molar-refractivity contribution in [1.29, 1.82) is 0 Å². The van der Waals surface area contributed by atoms with Gasteiger partial charge >= 0.3 is 6.18 Å². The van der Waals surface area contributed by atoms with Crippen LogP contribution in [0.5, 0.6) is 0 Å². The summed E-state index contributed by atoms with van der Waals surface area (Å²) in [7, 11) is 0. The molecule has 1 aromatic heterocycles. The van der Waals surface area contributed by atoms with Crippen molar-refractivity contribution in [2.24, 2.45) is 0 Å². The number of nitrogens with one attached hydrogen (secondary N) is 1. The maximum atomic E-state index is 13.2. The smallest absolute Gasteiger partial charge is 0.416 e. The molecule has 0 spiro atoms. The summed E-state index contributed by atoms with van der Waals surface area (Å²) in [4.78, 5) is 36.8. The lowest BCUT2D eigenvalue weighted by molar-refractivity contribution is -0.137. The zero-order valence-electron chi connectivity index (χ0n) is 15.8. The summed E-state index contributed by atoms with van der Waals surface area (Å²) < 4.78 is 56.5. The Morgan fingerprint density at radius 3 is 2.19 bits per heavy atom. The molecule has 0 aliphatic heterocycles. The Kier molecular flexibility index (Phi) is 6.33. The van der Waals surface area contributed by atoms with E-state index in [0.29, 0.717) is 5.56 Å². The molecule has 3 rings (SSSR count). The molecule has 0 aliphatic carbocycles. The van der Waals surface area contributed by atoms with E-state index in [1.807, 2.05) is 0 Å². The van der Waals surface area contributed by atoms with Gasteiger partial charge in [0.1, 0.15) is 5.82 Å². The van der Waals surface area contributed by atoms with Crippen LogP contribution in [0, 0.1) is 5.82 Å². The Balaban J connectivity index is 1.88. The highest BCUT2D eigenvalue weighted by Crippen LogP contribution is 2.29. The summed E-state index contributed by atoms with van der Waals surface area (Å²) in [6.45, 7) is 0. The molecule has 31 heavy (non-hydrogen) atoms. The van der Waals surface area contributed by atoms with Gasteiger partial charge in [-0.05, 0) is 42.0 Å². The maximum Gasteiger partial charge on any atom is 0.416 e.